The van der Waals surface area contributed by atoms with Gasteiger partial charge in [-0.2, -0.15) is 0 Å². The molecule has 1 fully saturated rings. The molecule has 6 heteroatoms. The van der Waals surface area contributed by atoms with E-state index in [4.69, 9.17) is 19.3 Å². The number of esters is 1. The van der Waals surface area contributed by atoms with Crippen LogP contribution < -0.4 is 0 Å². The Morgan fingerprint density at radius 1 is 1.32 bits per heavy atom. The number of hydrogen-bond acceptors (Lipinski definition) is 5. The highest BCUT2D eigenvalue weighted by molar-refractivity contribution is 5.73. The van der Waals surface area contributed by atoms with E-state index in [0.29, 0.717) is 0 Å². The molecule has 1 heterocycles. The second-order valence-corrected chi connectivity index (χ2v) is 6.11. The lowest BCUT2D eigenvalue weighted by Gasteiger charge is -2.39. The number of aliphatic carboxylic acids is 1. The lowest BCUT2D eigenvalue weighted by atomic mass is 10.1. The first kappa shape index (κ1) is 15.9. The van der Waals surface area contributed by atoms with Crippen molar-refractivity contribution in [3.8, 4) is 0 Å². The third-order valence-corrected chi connectivity index (χ3v) is 2.44. The van der Waals surface area contributed by atoms with Gasteiger partial charge in [-0.3, -0.25) is 4.79 Å². The molecule has 0 spiro atoms. The van der Waals surface area contributed by atoms with E-state index >= 15 is 0 Å². The van der Waals surface area contributed by atoms with Gasteiger partial charge >= 0.3 is 11.9 Å². The van der Waals surface area contributed by atoms with Crippen molar-refractivity contribution in [1.82, 2.24) is 0 Å². The zero-order chi connectivity index (χ0) is 14.8. The van der Waals surface area contributed by atoms with Crippen LogP contribution in [0.1, 0.15) is 47.5 Å². The van der Waals surface area contributed by atoms with Crippen LogP contribution in [0.4, 0.5) is 0 Å². The van der Waals surface area contributed by atoms with Crippen LogP contribution in [0.25, 0.3) is 0 Å². The van der Waals surface area contributed by atoms with Gasteiger partial charge < -0.3 is 19.3 Å². The van der Waals surface area contributed by atoms with Crippen LogP contribution in [-0.4, -0.2) is 40.6 Å². The van der Waals surface area contributed by atoms with Gasteiger partial charge in [0, 0.05) is 6.42 Å². The lowest BCUT2D eigenvalue weighted by molar-refractivity contribution is -0.297. The molecule has 2 atom stereocenters. The predicted molar refractivity (Wildman–Crippen MR) is 66.5 cm³/mol. The Bertz CT molecular complexity index is 355. The quantitative estimate of drug-likeness (QED) is 0.789. The van der Waals surface area contributed by atoms with Gasteiger partial charge in [-0.15, -0.1) is 0 Å². The van der Waals surface area contributed by atoms with E-state index in [2.05, 4.69) is 0 Å². The zero-order valence-corrected chi connectivity index (χ0v) is 12.1. The summed E-state index contributed by atoms with van der Waals surface area (Å²) in [5.41, 5.74) is -0.566. The molecule has 0 amide bonds. The Hall–Kier alpha value is -1.14. The Labute approximate surface area is 113 Å². The van der Waals surface area contributed by atoms with Gasteiger partial charge in [0.1, 0.15) is 5.60 Å². The molecular formula is C13H22O6. The third kappa shape index (κ3) is 5.57. The molecule has 0 aromatic carbocycles. The Morgan fingerprint density at radius 2 is 1.89 bits per heavy atom. The first-order valence-electron chi connectivity index (χ1n) is 6.29. The van der Waals surface area contributed by atoms with Crippen molar-refractivity contribution < 1.29 is 28.9 Å². The van der Waals surface area contributed by atoms with Crippen molar-refractivity contribution >= 4 is 11.9 Å². The fourth-order valence-corrected chi connectivity index (χ4v) is 1.95. The van der Waals surface area contributed by atoms with E-state index in [1.54, 1.807) is 34.6 Å². The smallest absolute Gasteiger partial charge is 0.333 e. The molecule has 0 bridgehead atoms. The number of carbonyl (C=O) groups excluding carboxylic acids is 1. The molecule has 0 aliphatic carbocycles. The monoisotopic (exact) mass is 274 g/mol. The molecular weight excluding hydrogens is 252 g/mol. The van der Waals surface area contributed by atoms with Crippen molar-refractivity contribution in [2.24, 2.45) is 0 Å². The summed E-state index contributed by atoms with van der Waals surface area (Å²) < 4.78 is 16.0. The van der Waals surface area contributed by atoms with Crippen LogP contribution in [0.2, 0.25) is 0 Å². The van der Waals surface area contributed by atoms with Crippen LogP contribution in [0.15, 0.2) is 0 Å². The van der Waals surface area contributed by atoms with Gasteiger partial charge in [0.2, 0.25) is 0 Å². The molecule has 1 N–H and O–H groups in total. The first-order chi connectivity index (χ1) is 8.48. The van der Waals surface area contributed by atoms with E-state index < -0.39 is 35.5 Å². The van der Waals surface area contributed by atoms with Gasteiger partial charge in [-0.1, -0.05) is 0 Å². The van der Waals surface area contributed by atoms with Crippen molar-refractivity contribution in [2.45, 2.75) is 71.1 Å². The number of carboxylic acids is 1. The largest absolute Gasteiger partial charge is 0.479 e. The van der Waals surface area contributed by atoms with Gasteiger partial charge in [0.15, 0.2) is 11.9 Å². The Morgan fingerprint density at radius 3 is 2.37 bits per heavy atom. The van der Waals surface area contributed by atoms with Gasteiger partial charge in [0.25, 0.3) is 0 Å². The summed E-state index contributed by atoms with van der Waals surface area (Å²) in [6, 6.07) is 0. The fourth-order valence-electron chi connectivity index (χ4n) is 1.95. The predicted octanol–water partition coefficient (Wildman–Crippen LogP) is 1.71. The second-order valence-electron chi connectivity index (χ2n) is 6.11. The van der Waals surface area contributed by atoms with Crippen LogP contribution >= 0.6 is 0 Å². The third-order valence-electron chi connectivity index (χ3n) is 2.44. The topological polar surface area (TPSA) is 82.1 Å². The number of rotatable bonds is 3. The Kier molecular flexibility index (Phi) is 4.58. The van der Waals surface area contributed by atoms with Crippen LogP contribution in [0, 0.1) is 0 Å². The maximum Gasteiger partial charge on any atom is 0.333 e. The average molecular weight is 274 g/mol. The van der Waals surface area contributed by atoms with E-state index in [9.17, 15) is 9.59 Å². The molecule has 1 aliphatic heterocycles. The zero-order valence-electron chi connectivity index (χ0n) is 12.1. The molecule has 0 saturated carbocycles. The minimum Gasteiger partial charge on any atom is -0.479 e. The second kappa shape index (κ2) is 5.46. The van der Waals surface area contributed by atoms with E-state index in [1.807, 2.05) is 0 Å². The summed E-state index contributed by atoms with van der Waals surface area (Å²) in [7, 11) is 0. The highest BCUT2D eigenvalue weighted by atomic mass is 16.7. The van der Waals surface area contributed by atoms with Crippen molar-refractivity contribution in [1.29, 1.82) is 0 Å². The van der Waals surface area contributed by atoms with Gasteiger partial charge in [-0.05, 0) is 34.6 Å². The summed E-state index contributed by atoms with van der Waals surface area (Å²) in [4.78, 5) is 22.7. The summed E-state index contributed by atoms with van der Waals surface area (Å²) in [6.45, 7) is 8.59. The summed E-state index contributed by atoms with van der Waals surface area (Å²) >= 11 is 0. The maximum atomic E-state index is 11.7. The molecule has 1 saturated heterocycles. The van der Waals surface area contributed by atoms with E-state index in [-0.39, 0.29) is 12.8 Å². The minimum absolute atomic E-state index is 0.0217. The summed E-state index contributed by atoms with van der Waals surface area (Å²) in [6.07, 6.45) is -1.32. The molecule has 19 heavy (non-hydrogen) atoms. The number of carboxylic acid groups (broad SMARTS) is 1. The standard InChI is InChI=1S/C13H22O6/c1-12(2,3)19-10(14)7-8-6-9(11(15)16)18-13(4,5)17-8/h8-9H,6-7H2,1-5H3,(H,15,16)/t8-,9+/m1/s1. The van der Waals surface area contributed by atoms with Crippen LogP contribution in [0.5, 0.6) is 0 Å². The number of ether oxygens (including phenoxy) is 3. The molecule has 0 aromatic rings. The molecule has 6 nitrogen and oxygen atoms in total. The summed E-state index contributed by atoms with van der Waals surface area (Å²) in [5, 5.41) is 9.01. The SMILES string of the molecule is CC(C)(C)OC(=O)C[C@H]1C[C@@H](C(=O)O)OC(C)(C)O1. The normalized spacial score (nSPS) is 26.8. The molecule has 110 valence electrons. The first-order valence-corrected chi connectivity index (χ1v) is 6.29. The Balaban J connectivity index is 2.62. The van der Waals surface area contributed by atoms with Crippen molar-refractivity contribution in [3.05, 3.63) is 0 Å². The van der Waals surface area contributed by atoms with E-state index in [1.165, 1.54) is 0 Å². The molecule has 0 unspecified atom stereocenters. The van der Waals surface area contributed by atoms with Crippen molar-refractivity contribution in [3.63, 3.8) is 0 Å². The number of hydrogen-bond donors (Lipinski definition) is 1. The summed E-state index contributed by atoms with van der Waals surface area (Å²) in [5.74, 6) is -2.47. The number of carbonyl (C=O) groups is 2. The molecule has 0 radical (unpaired) electrons. The molecule has 1 aliphatic rings. The molecule has 0 aromatic heterocycles. The van der Waals surface area contributed by atoms with Gasteiger partial charge in [0.05, 0.1) is 12.5 Å². The highest BCUT2D eigenvalue weighted by Crippen LogP contribution is 2.29. The minimum atomic E-state index is -1.05. The average Bonchev–Trinajstić information content (AvgIpc) is 2.10. The van der Waals surface area contributed by atoms with Crippen LogP contribution in [0.3, 0.4) is 0 Å². The van der Waals surface area contributed by atoms with Crippen LogP contribution in [-0.2, 0) is 23.8 Å². The fraction of sp³-hybridized carbons (Fsp3) is 0.846. The maximum absolute atomic E-state index is 11.7. The van der Waals surface area contributed by atoms with Gasteiger partial charge in [-0.25, -0.2) is 4.79 Å². The lowest BCUT2D eigenvalue weighted by Crippen LogP contribution is -2.48. The van der Waals surface area contributed by atoms with E-state index in [0.717, 1.165) is 0 Å². The van der Waals surface area contributed by atoms with Crippen molar-refractivity contribution in [2.75, 3.05) is 0 Å². The molecule has 1 rings (SSSR count). The highest BCUT2D eigenvalue weighted by Gasteiger charge is 2.40.